The Balaban J connectivity index is 3.36. The third-order valence-electron chi connectivity index (χ3n) is 2.03. The molecule has 94 valence electrons. The Morgan fingerprint density at radius 3 is 2.25 bits per heavy atom. The van der Waals surface area contributed by atoms with Gasteiger partial charge in [-0.05, 0) is 19.3 Å². The molecule has 2 amide bonds. The van der Waals surface area contributed by atoms with Crippen molar-refractivity contribution in [3.63, 3.8) is 0 Å². The molecule has 16 heavy (non-hydrogen) atoms. The van der Waals surface area contributed by atoms with Crippen molar-refractivity contribution in [1.82, 2.24) is 10.6 Å². The van der Waals surface area contributed by atoms with Crippen molar-refractivity contribution in [3.05, 3.63) is 0 Å². The number of alkyl halides is 1. The zero-order valence-electron chi connectivity index (χ0n) is 9.85. The van der Waals surface area contributed by atoms with Crippen LogP contribution >= 0.6 is 11.6 Å². The van der Waals surface area contributed by atoms with E-state index in [1.165, 1.54) is 0 Å². The van der Waals surface area contributed by atoms with Gasteiger partial charge in [0.2, 0.25) is 11.8 Å². The van der Waals surface area contributed by atoms with Gasteiger partial charge in [0.1, 0.15) is 0 Å². The molecule has 2 N–H and O–H groups in total. The van der Waals surface area contributed by atoms with Gasteiger partial charge >= 0.3 is 0 Å². The van der Waals surface area contributed by atoms with Crippen LogP contribution in [0.2, 0.25) is 0 Å². The molecule has 0 saturated carbocycles. The van der Waals surface area contributed by atoms with E-state index in [9.17, 15) is 9.59 Å². The fraction of sp³-hybridized carbons (Fsp3) is 0.818. The van der Waals surface area contributed by atoms with E-state index in [1.807, 2.05) is 6.92 Å². The van der Waals surface area contributed by atoms with Crippen molar-refractivity contribution < 1.29 is 9.59 Å². The van der Waals surface area contributed by atoms with Gasteiger partial charge in [-0.1, -0.05) is 6.92 Å². The summed E-state index contributed by atoms with van der Waals surface area (Å²) in [6, 6.07) is 0. The Kier molecular flexibility index (Phi) is 10.2. The van der Waals surface area contributed by atoms with Gasteiger partial charge in [-0.3, -0.25) is 9.59 Å². The summed E-state index contributed by atoms with van der Waals surface area (Å²) < 4.78 is 0. The summed E-state index contributed by atoms with van der Waals surface area (Å²) in [4.78, 5) is 22.4. The van der Waals surface area contributed by atoms with E-state index >= 15 is 0 Å². The SMILES string of the molecule is CCCNC(=O)CCNC(=O)CCCCCl. The third-order valence-corrected chi connectivity index (χ3v) is 2.30. The van der Waals surface area contributed by atoms with E-state index in [2.05, 4.69) is 10.6 Å². The average molecular weight is 249 g/mol. The smallest absolute Gasteiger partial charge is 0.221 e. The van der Waals surface area contributed by atoms with Gasteiger partial charge in [0.05, 0.1) is 0 Å². The van der Waals surface area contributed by atoms with Crippen LogP contribution in [0.5, 0.6) is 0 Å². The van der Waals surface area contributed by atoms with Gasteiger partial charge < -0.3 is 10.6 Å². The lowest BCUT2D eigenvalue weighted by Gasteiger charge is -2.05. The molecule has 0 aliphatic rings. The Morgan fingerprint density at radius 2 is 1.62 bits per heavy atom. The highest BCUT2D eigenvalue weighted by Gasteiger charge is 2.03. The molecule has 0 aliphatic heterocycles. The molecular weight excluding hydrogens is 228 g/mol. The first-order valence-electron chi connectivity index (χ1n) is 5.80. The zero-order valence-corrected chi connectivity index (χ0v) is 10.6. The second kappa shape index (κ2) is 10.7. The molecule has 0 aliphatic carbocycles. The molecule has 0 aromatic rings. The number of carbonyl (C=O) groups excluding carboxylic acids is 2. The summed E-state index contributed by atoms with van der Waals surface area (Å²) in [7, 11) is 0. The van der Waals surface area contributed by atoms with E-state index in [1.54, 1.807) is 0 Å². The number of nitrogens with one attached hydrogen (secondary N) is 2. The van der Waals surface area contributed by atoms with Crippen molar-refractivity contribution in [1.29, 1.82) is 0 Å². The normalized spacial score (nSPS) is 9.88. The molecule has 0 spiro atoms. The van der Waals surface area contributed by atoms with Gasteiger partial charge in [-0.25, -0.2) is 0 Å². The molecule has 0 atom stereocenters. The quantitative estimate of drug-likeness (QED) is 0.479. The highest BCUT2D eigenvalue weighted by Crippen LogP contribution is 1.96. The average Bonchev–Trinajstić information content (AvgIpc) is 2.26. The second-order valence-corrected chi connectivity index (χ2v) is 3.97. The van der Waals surface area contributed by atoms with Gasteiger partial charge in [-0.2, -0.15) is 0 Å². The monoisotopic (exact) mass is 248 g/mol. The third kappa shape index (κ3) is 9.77. The van der Waals surface area contributed by atoms with Crippen LogP contribution in [0.1, 0.15) is 39.0 Å². The summed E-state index contributed by atoms with van der Waals surface area (Å²) in [6.45, 7) is 3.11. The predicted molar refractivity (Wildman–Crippen MR) is 65.5 cm³/mol. The molecule has 0 heterocycles. The minimum atomic E-state index is -0.0112. The summed E-state index contributed by atoms with van der Waals surface area (Å²) in [5.41, 5.74) is 0. The van der Waals surface area contributed by atoms with Crippen molar-refractivity contribution in [2.45, 2.75) is 39.0 Å². The molecule has 4 nitrogen and oxygen atoms in total. The van der Waals surface area contributed by atoms with Crippen molar-refractivity contribution in [2.24, 2.45) is 0 Å². The minimum absolute atomic E-state index is 0.00610. The number of hydrogen-bond donors (Lipinski definition) is 2. The van der Waals surface area contributed by atoms with Crippen LogP contribution in [0.4, 0.5) is 0 Å². The van der Waals surface area contributed by atoms with Gasteiger partial charge in [0.15, 0.2) is 0 Å². The molecule has 0 aromatic carbocycles. The van der Waals surface area contributed by atoms with Crippen LogP contribution in [0.25, 0.3) is 0 Å². The fourth-order valence-electron chi connectivity index (χ4n) is 1.14. The van der Waals surface area contributed by atoms with E-state index in [0.29, 0.717) is 31.8 Å². The van der Waals surface area contributed by atoms with Gasteiger partial charge in [0.25, 0.3) is 0 Å². The zero-order chi connectivity index (χ0) is 12.2. The lowest BCUT2D eigenvalue weighted by atomic mass is 10.2. The molecule has 5 heteroatoms. The van der Waals surface area contributed by atoms with Gasteiger partial charge in [0, 0.05) is 31.8 Å². The Morgan fingerprint density at radius 1 is 1.00 bits per heavy atom. The number of unbranched alkanes of at least 4 members (excludes halogenated alkanes) is 1. The molecule has 0 radical (unpaired) electrons. The second-order valence-electron chi connectivity index (χ2n) is 3.60. The molecule has 0 saturated heterocycles. The lowest BCUT2D eigenvalue weighted by molar-refractivity contribution is -0.122. The Labute approximate surface area is 102 Å². The summed E-state index contributed by atoms with van der Waals surface area (Å²) >= 11 is 5.49. The largest absolute Gasteiger partial charge is 0.356 e. The van der Waals surface area contributed by atoms with Crippen LogP contribution in [-0.4, -0.2) is 30.8 Å². The maximum absolute atomic E-state index is 11.2. The van der Waals surface area contributed by atoms with Crippen LogP contribution in [0.3, 0.4) is 0 Å². The number of rotatable bonds is 9. The van der Waals surface area contributed by atoms with Gasteiger partial charge in [-0.15, -0.1) is 11.6 Å². The highest BCUT2D eigenvalue weighted by atomic mass is 35.5. The summed E-state index contributed by atoms with van der Waals surface area (Å²) in [5.74, 6) is 0.573. The Bertz CT molecular complexity index is 210. The van der Waals surface area contributed by atoms with E-state index in [4.69, 9.17) is 11.6 Å². The fourth-order valence-corrected chi connectivity index (χ4v) is 1.33. The molecule has 0 rings (SSSR count). The van der Waals surface area contributed by atoms with Crippen molar-refractivity contribution >= 4 is 23.4 Å². The minimum Gasteiger partial charge on any atom is -0.356 e. The number of halogens is 1. The first-order valence-corrected chi connectivity index (χ1v) is 6.33. The molecular formula is C11H21ClN2O2. The summed E-state index contributed by atoms with van der Waals surface area (Å²) in [5, 5.41) is 5.46. The maximum atomic E-state index is 11.2. The van der Waals surface area contributed by atoms with Crippen LogP contribution in [0, 0.1) is 0 Å². The highest BCUT2D eigenvalue weighted by molar-refractivity contribution is 6.17. The maximum Gasteiger partial charge on any atom is 0.221 e. The summed E-state index contributed by atoms with van der Waals surface area (Å²) in [6.07, 6.45) is 3.42. The van der Waals surface area contributed by atoms with Crippen LogP contribution in [0.15, 0.2) is 0 Å². The van der Waals surface area contributed by atoms with E-state index in [0.717, 1.165) is 19.3 Å². The van der Waals surface area contributed by atoms with Crippen molar-refractivity contribution in [2.75, 3.05) is 19.0 Å². The molecule has 0 aromatic heterocycles. The lowest BCUT2D eigenvalue weighted by Crippen LogP contribution is -2.30. The molecule has 0 unspecified atom stereocenters. The molecule has 0 fully saturated rings. The number of carbonyl (C=O) groups is 2. The van der Waals surface area contributed by atoms with Crippen molar-refractivity contribution in [3.8, 4) is 0 Å². The number of amides is 2. The molecule has 0 bridgehead atoms. The topological polar surface area (TPSA) is 58.2 Å². The number of hydrogen-bond acceptors (Lipinski definition) is 2. The van der Waals surface area contributed by atoms with E-state index in [-0.39, 0.29) is 11.8 Å². The van der Waals surface area contributed by atoms with Crippen LogP contribution < -0.4 is 10.6 Å². The predicted octanol–water partition coefficient (Wildman–Crippen LogP) is 1.43. The first kappa shape index (κ1) is 15.2. The standard InChI is InChI=1S/C11H21ClN2O2/c1-2-8-13-11(16)6-9-14-10(15)5-3-4-7-12/h2-9H2,1H3,(H,13,16)(H,14,15). The van der Waals surface area contributed by atoms with E-state index < -0.39 is 0 Å². The Hall–Kier alpha value is -0.770. The first-order chi connectivity index (χ1) is 7.70. The van der Waals surface area contributed by atoms with Crippen LogP contribution in [-0.2, 0) is 9.59 Å².